The second kappa shape index (κ2) is 11.3. The molecule has 2 saturated heterocycles. The molecule has 0 aliphatic carbocycles. The summed E-state index contributed by atoms with van der Waals surface area (Å²) < 4.78 is 42.3. The van der Waals surface area contributed by atoms with Crippen molar-refractivity contribution in [3.8, 4) is 0 Å². The number of benzene rings is 2. The van der Waals surface area contributed by atoms with Crippen LogP contribution < -0.4 is 0 Å². The Bertz CT molecular complexity index is 1230. The second-order valence-corrected chi connectivity index (χ2v) is 12.5. The highest BCUT2D eigenvalue weighted by Crippen LogP contribution is 2.37. The molecule has 2 aliphatic rings. The van der Waals surface area contributed by atoms with Gasteiger partial charge in [-0.1, -0.05) is 48.0 Å². The molecule has 10 heteroatoms. The van der Waals surface area contributed by atoms with Crippen LogP contribution in [0.1, 0.15) is 44.7 Å². The van der Waals surface area contributed by atoms with Crippen LogP contribution >= 0.6 is 0 Å². The molecule has 38 heavy (non-hydrogen) atoms. The number of hydrogen-bond acceptors (Lipinski definition) is 7. The predicted molar refractivity (Wildman–Crippen MR) is 141 cm³/mol. The molecule has 3 atom stereocenters. The van der Waals surface area contributed by atoms with E-state index in [0.717, 1.165) is 11.1 Å². The van der Waals surface area contributed by atoms with Gasteiger partial charge in [-0.15, -0.1) is 0 Å². The molecule has 2 aliphatic heterocycles. The summed E-state index contributed by atoms with van der Waals surface area (Å²) in [5.41, 5.74) is 1.13. The molecule has 0 radical (unpaired) electrons. The average molecular weight is 545 g/mol. The number of carbonyl (C=O) groups is 2. The summed E-state index contributed by atoms with van der Waals surface area (Å²) in [6.45, 7) is 8.05. The van der Waals surface area contributed by atoms with Crippen LogP contribution in [0.15, 0.2) is 59.5 Å². The molecule has 0 N–H and O–H groups in total. The molecule has 2 heterocycles. The van der Waals surface area contributed by atoms with Crippen molar-refractivity contribution in [2.24, 2.45) is 5.92 Å². The molecular weight excluding hydrogens is 508 g/mol. The zero-order chi connectivity index (χ0) is 27.5. The van der Waals surface area contributed by atoms with Crippen LogP contribution in [0.25, 0.3) is 0 Å². The first kappa shape index (κ1) is 27.9. The Kier molecular flexibility index (Phi) is 8.32. The van der Waals surface area contributed by atoms with E-state index in [1.165, 1.54) is 12.1 Å². The van der Waals surface area contributed by atoms with Crippen LogP contribution in [0.3, 0.4) is 0 Å². The topological polar surface area (TPSA) is 102 Å². The van der Waals surface area contributed by atoms with E-state index in [1.54, 1.807) is 42.7 Å². The minimum Gasteiger partial charge on any atom is -0.445 e. The maximum atomic E-state index is 13.2. The number of nitrogens with zero attached hydrogens (tertiary/aromatic N) is 2. The van der Waals surface area contributed by atoms with Crippen LogP contribution in [-0.4, -0.2) is 67.8 Å². The quantitative estimate of drug-likeness (QED) is 0.484. The number of piperidine rings is 1. The summed E-state index contributed by atoms with van der Waals surface area (Å²) in [5.74, 6) is -0.0591. The molecular formula is C28H36N2O7S. The molecule has 2 aromatic carbocycles. The summed E-state index contributed by atoms with van der Waals surface area (Å²) >= 11 is 0. The molecule has 0 aromatic heterocycles. The number of amides is 2. The normalized spacial score (nSPS) is 21.6. The van der Waals surface area contributed by atoms with Crippen LogP contribution in [0.4, 0.5) is 9.59 Å². The number of likely N-dealkylation sites (tertiary alicyclic amines) is 2. The van der Waals surface area contributed by atoms with Gasteiger partial charge in [-0.2, -0.15) is 8.42 Å². The van der Waals surface area contributed by atoms with Crippen molar-refractivity contribution in [3.63, 3.8) is 0 Å². The van der Waals surface area contributed by atoms with Crippen molar-refractivity contribution in [2.75, 3.05) is 19.7 Å². The van der Waals surface area contributed by atoms with Crippen molar-refractivity contribution >= 4 is 22.3 Å². The minimum atomic E-state index is -4.00. The third kappa shape index (κ3) is 6.85. The lowest BCUT2D eigenvalue weighted by Gasteiger charge is -2.38. The highest BCUT2D eigenvalue weighted by molar-refractivity contribution is 7.86. The Labute approximate surface area is 224 Å². The van der Waals surface area contributed by atoms with Crippen LogP contribution in [0.2, 0.25) is 0 Å². The molecule has 9 nitrogen and oxygen atoms in total. The van der Waals surface area contributed by atoms with Crippen molar-refractivity contribution in [1.82, 2.24) is 9.80 Å². The third-order valence-corrected chi connectivity index (χ3v) is 8.11. The van der Waals surface area contributed by atoms with E-state index >= 15 is 0 Å². The first-order valence-corrected chi connectivity index (χ1v) is 14.3. The minimum absolute atomic E-state index is 0.0591. The lowest BCUT2D eigenvalue weighted by Crippen LogP contribution is -2.52. The number of ether oxygens (including phenoxy) is 2. The Balaban J connectivity index is 1.44. The number of carbonyl (C=O) groups excluding carboxylic acids is 2. The third-order valence-electron chi connectivity index (χ3n) is 6.81. The van der Waals surface area contributed by atoms with Gasteiger partial charge >= 0.3 is 12.2 Å². The molecule has 2 aromatic rings. The zero-order valence-electron chi connectivity index (χ0n) is 22.3. The molecule has 2 amide bonds. The van der Waals surface area contributed by atoms with E-state index in [9.17, 15) is 18.0 Å². The second-order valence-electron chi connectivity index (χ2n) is 10.9. The lowest BCUT2D eigenvalue weighted by molar-refractivity contribution is 0.00274. The Hall–Kier alpha value is -3.11. The zero-order valence-corrected chi connectivity index (χ0v) is 23.1. The van der Waals surface area contributed by atoms with Crippen LogP contribution in [0.5, 0.6) is 0 Å². The van der Waals surface area contributed by atoms with Gasteiger partial charge in [-0.05, 0) is 64.2 Å². The van der Waals surface area contributed by atoms with E-state index in [4.69, 9.17) is 13.7 Å². The van der Waals surface area contributed by atoms with Crippen molar-refractivity contribution in [1.29, 1.82) is 0 Å². The summed E-state index contributed by atoms with van der Waals surface area (Å²) in [6, 6.07) is 15.2. The number of rotatable bonds is 6. The number of fused-ring (bicyclic) bond motifs is 1. The van der Waals surface area contributed by atoms with E-state index in [2.05, 4.69) is 0 Å². The number of aryl methyl sites for hydroxylation is 1. The first-order chi connectivity index (χ1) is 17.9. The van der Waals surface area contributed by atoms with Crippen molar-refractivity contribution < 1.29 is 31.7 Å². The van der Waals surface area contributed by atoms with Gasteiger partial charge in [0, 0.05) is 19.1 Å². The van der Waals surface area contributed by atoms with E-state index in [1.807, 2.05) is 37.3 Å². The maximum Gasteiger partial charge on any atom is 0.410 e. The number of hydrogen-bond donors (Lipinski definition) is 0. The van der Waals surface area contributed by atoms with Gasteiger partial charge in [0.2, 0.25) is 0 Å². The van der Waals surface area contributed by atoms with Crippen LogP contribution in [0, 0.1) is 12.8 Å². The van der Waals surface area contributed by atoms with Gasteiger partial charge in [0.25, 0.3) is 10.1 Å². The van der Waals surface area contributed by atoms with Gasteiger partial charge in [-0.25, -0.2) is 9.59 Å². The summed E-state index contributed by atoms with van der Waals surface area (Å²) in [7, 11) is -4.00. The average Bonchev–Trinajstić information content (AvgIpc) is 3.24. The molecule has 0 spiro atoms. The van der Waals surface area contributed by atoms with Gasteiger partial charge in [0.1, 0.15) is 12.2 Å². The Morgan fingerprint density at radius 3 is 2.34 bits per heavy atom. The van der Waals surface area contributed by atoms with E-state index in [0.29, 0.717) is 25.9 Å². The highest BCUT2D eigenvalue weighted by Gasteiger charge is 2.48. The molecule has 2 fully saturated rings. The van der Waals surface area contributed by atoms with Gasteiger partial charge < -0.3 is 14.4 Å². The van der Waals surface area contributed by atoms with Gasteiger partial charge in [-0.3, -0.25) is 9.08 Å². The summed E-state index contributed by atoms with van der Waals surface area (Å²) in [6.07, 6.45) is 0.102. The SMILES string of the molecule is Cc1ccc(S(=O)(=O)OC[C@@H]2C[C@@H]3CN(C(=O)OCc4ccccc4)CC[C@@H]3N2C(=O)OC(C)(C)C)cc1. The van der Waals surface area contributed by atoms with Crippen LogP contribution in [-0.2, 0) is 30.4 Å². The molecule has 0 bridgehead atoms. The van der Waals surface area contributed by atoms with Crippen molar-refractivity contribution in [2.45, 2.75) is 69.7 Å². The fourth-order valence-corrected chi connectivity index (χ4v) is 5.96. The Morgan fingerprint density at radius 1 is 1.00 bits per heavy atom. The van der Waals surface area contributed by atoms with E-state index < -0.39 is 33.9 Å². The largest absolute Gasteiger partial charge is 0.445 e. The maximum absolute atomic E-state index is 13.2. The fourth-order valence-electron chi connectivity index (χ4n) is 5.02. The summed E-state index contributed by atoms with van der Waals surface area (Å²) in [5, 5.41) is 0. The van der Waals surface area contributed by atoms with E-state index in [-0.39, 0.29) is 30.1 Å². The molecule has 0 saturated carbocycles. The van der Waals surface area contributed by atoms with Gasteiger partial charge in [0.15, 0.2) is 0 Å². The predicted octanol–water partition coefficient (Wildman–Crippen LogP) is 4.74. The monoisotopic (exact) mass is 544 g/mol. The lowest BCUT2D eigenvalue weighted by atomic mass is 9.92. The summed E-state index contributed by atoms with van der Waals surface area (Å²) in [4.78, 5) is 29.3. The Morgan fingerprint density at radius 2 is 1.68 bits per heavy atom. The van der Waals surface area contributed by atoms with Crippen molar-refractivity contribution in [3.05, 3.63) is 65.7 Å². The standard InChI is InChI=1S/C28H36N2O7S/c1-20-10-12-24(13-11-20)38(33,34)36-19-23-16-22-17-29(26(31)35-18-21-8-6-5-7-9-21)15-14-25(22)30(23)27(32)37-28(2,3)4/h5-13,22-23,25H,14-19H2,1-4H3/t22-,23+,25+/m1/s1. The molecule has 0 unspecified atom stereocenters. The molecule has 4 rings (SSSR count). The molecule has 206 valence electrons. The smallest absolute Gasteiger partial charge is 0.410 e. The van der Waals surface area contributed by atoms with Gasteiger partial charge in [0.05, 0.1) is 17.5 Å². The highest BCUT2D eigenvalue weighted by atomic mass is 32.2. The fraction of sp³-hybridized carbons (Fsp3) is 0.500. The first-order valence-electron chi connectivity index (χ1n) is 12.9.